The molecule has 0 aliphatic carbocycles. The summed E-state index contributed by atoms with van der Waals surface area (Å²) >= 11 is 0. The van der Waals surface area contributed by atoms with Gasteiger partial charge in [-0.05, 0) is 24.1 Å². The highest BCUT2D eigenvalue weighted by atomic mass is 32.2. The lowest BCUT2D eigenvalue weighted by Crippen LogP contribution is -2.51. The Morgan fingerprint density at radius 1 is 1.21 bits per heavy atom. The Bertz CT molecular complexity index is 984. The molecule has 1 aliphatic rings. The molecule has 1 aliphatic heterocycles. The number of allylic oxidation sites excluding steroid dienone is 2. The molecule has 0 radical (unpaired) electrons. The molecule has 0 spiro atoms. The topological polar surface area (TPSA) is 98.7 Å². The molecule has 29 heavy (non-hydrogen) atoms. The van der Waals surface area contributed by atoms with Crippen LogP contribution in [-0.4, -0.2) is 59.9 Å². The number of amidine groups is 1. The van der Waals surface area contributed by atoms with Crippen molar-refractivity contribution in [1.29, 1.82) is 0 Å². The minimum Gasteiger partial charge on any atom is -0.294 e. The van der Waals surface area contributed by atoms with Gasteiger partial charge in [-0.15, -0.1) is 5.10 Å². The van der Waals surface area contributed by atoms with Crippen molar-refractivity contribution in [2.75, 3.05) is 25.9 Å². The van der Waals surface area contributed by atoms with Crippen molar-refractivity contribution in [1.82, 2.24) is 19.7 Å². The average Bonchev–Trinajstić information content (AvgIpc) is 3.23. The molecule has 1 atom stereocenters. The Balaban J connectivity index is 1.82. The molecule has 2 aromatic rings. The number of nitrogens with one attached hydrogen (secondary N) is 1. The van der Waals surface area contributed by atoms with E-state index in [1.54, 1.807) is 6.20 Å². The molecule has 3 rings (SSSR count). The lowest BCUT2D eigenvalue weighted by atomic mass is 10.1. The van der Waals surface area contributed by atoms with Gasteiger partial charge in [-0.2, -0.15) is 18.0 Å². The van der Waals surface area contributed by atoms with Crippen molar-refractivity contribution >= 4 is 21.8 Å². The maximum Gasteiger partial charge on any atom is 0.265 e. The van der Waals surface area contributed by atoms with Gasteiger partial charge in [0.25, 0.3) is 16.0 Å². The standard InChI is InChI=1S/C20H25N5O3S/c1-24(14-12-18-8-3-2-4-9-18)23-20-10-5-6-15-25(20,19-11-13-21-22-19)16-7-17-29(26,27)28/h2-6,8-11,13,15H,7,12,14,16-17H2,1H3,(H-,21,22,26,27,28)/p+1. The van der Waals surface area contributed by atoms with Gasteiger partial charge < -0.3 is 0 Å². The summed E-state index contributed by atoms with van der Waals surface area (Å²) < 4.78 is 31.7. The largest absolute Gasteiger partial charge is 0.294 e. The van der Waals surface area contributed by atoms with Gasteiger partial charge in [0.2, 0.25) is 5.82 Å². The second-order valence-corrected chi connectivity index (χ2v) is 8.52. The van der Waals surface area contributed by atoms with E-state index in [-0.39, 0.29) is 16.7 Å². The molecule has 0 saturated heterocycles. The van der Waals surface area contributed by atoms with E-state index in [1.165, 1.54) is 5.56 Å². The van der Waals surface area contributed by atoms with E-state index < -0.39 is 10.1 Å². The predicted molar refractivity (Wildman–Crippen MR) is 115 cm³/mol. The molecule has 1 aromatic carbocycles. The molecule has 1 aromatic heterocycles. The fourth-order valence-electron chi connectivity index (χ4n) is 3.30. The summed E-state index contributed by atoms with van der Waals surface area (Å²) in [6.07, 6.45) is 10.4. The number of likely N-dealkylation sites (N-methyl/N-ethyl adjacent to an activating group) is 1. The molecule has 2 heterocycles. The summed E-state index contributed by atoms with van der Waals surface area (Å²) in [5.41, 5.74) is 1.24. The zero-order valence-corrected chi connectivity index (χ0v) is 17.2. The monoisotopic (exact) mass is 416 g/mol. The van der Waals surface area contributed by atoms with Crippen LogP contribution in [0.3, 0.4) is 0 Å². The molecular weight excluding hydrogens is 390 g/mol. The van der Waals surface area contributed by atoms with Gasteiger partial charge in [-0.25, -0.2) is 5.10 Å². The maximum atomic E-state index is 11.2. The molecule has 2 N–H and O–H groups in total. The Morgan fingerprint density at radius 3 is 2.69 bits per heavy atom. The number of aromatic amines is 1. The van der Waals surface area contributed by atoms with Crippen molar-refractivity contribution in [3.05, 3.63) is 72.6 Å². The van der Waals surface area contributed by atoms with E-state index in [4.69, 9.17) is 9.65 Å². The number of H-pyrrole nitrogens is 1. The highest BCUT2D eigenvalue weighted by molar-refractivity contribution is 7.85. The SMILES string of the molecule is CN(CCc1ccccc1)N=C1C=CC=C[N+]1(CCCS(=O)(=O)O)c1ccn[nH]1. The molecule has 0 saturated carbocycles. The molecule has 1 unspecified atom stereocenters. The minimum absolute atomic E-state index is 0.196. The zero-order valence-electron chi connectivity index (χ0n) is 16.3. The van der Waals surface area contributed by atoms with Crippen molar-refractivity contribution < 1.29 is 13.0 Å². The van der Waals surface area contributed by atoms with Crippen LogP contribution in [0.4, 0.5) is 5.82 Å². The summed E-state index contributed by atoms with van der Waals surface area (Å²) in [7, 11) is -2.11. The first-order valence-electron chi connectivity index (χ1n) is 9.42. The van der Waals surface area contributed by atoms with E-state index >= 15 is 0 Å². The number of hydrogen-bond acceptors (Lipinski definition) is 5. The lowest BCUT2D eigenvalue weighted by Gasteiger charge is -2.33. The van der Waals surface area contributed by atoms with Crippen molar-refractivity contribution in [3.63, 3.8) is 0 Å². The molecule has 0 fully saturated rings. The first-order chi connectivity index (χ1) is 13.9. The van der Waals surface area contributed by atoms with Gasteiger partial charge in [0, 0.05) is 32.2 Å². The van der Waals surface area contributed by atoms with Gasteiger partial charge in [0.15, 0.2) is 0 Å². The number of aromatic nitrogens is 2. The number of hydrogen-bond donors (Lipinski definition) is 2. The zero-order chi connectivity index (χ0) is 20.7. The Morgan fingerprint density at radius 2 is 2.00 bits per heavy atom. The Kier molecular flexibility index (Phi) is 6.63. The average molecular weight is 417 g/mol. The number of quaternary nitrogens is 1. The predicted octanol–water partition coefficient (Wildman–Crippen LogP) is 2.57. The van der Waals surface area contributed by atoms with Crippen LogP contribution < -0.4 is 4.48 Å². The van der Waals surface area contributed by atoms with Gasteiger partial charge in [0.05, 0.1) is 18.5 Å². The minimum atomic E-state index is -4.03. The molecule has 0 bridgehead atoms. The van der Waals surface area contributed by atoms with E-state index in [0.29, 0.717) is 6.54 Å². The number of rotatable bonds is 9. The normalized spacial score (nSPS) is 20.3. The fourth-order valence-corrected chi connectivity index (χ4v) is 3.80. The number of hydrazone groups is 1. The number of nitrogens with zero attached hydrogens (tertiary/aromatic N) is 4. The van der Waals surface area contributed by atoms with Crippen LogP contribution in [0.15, 0.2) is 72.1 Å². The quantitative estimate of drug-likeness (QED) is 0.372. The van der Waals surface area contributed by atoms with Crippen LogP contribution in [0.5, 0.6) is 0 Å². The van der Waals surface area contributed by atoms with E-state index in [1.807, 2.05) is 60.8 Å². The van der Waals surface area contributed by atoms with E-state index in [2.05, 4.69) is 22.3 Å². The summed E-state index contributed by atoms with van der Waals surface area (Å²) in [5.74, 6) is 1.20. The fraction of sp³-hybridized carbons (Fsp3) is 0.300. The van der Waals surface area contributed by atoms with Crippen LogP contribution in [0.2, 0.25) is 0 Å². The third kappa shape index (κ3) is 5.63. The summed E-state index contributed by atoms with van der Waals surface area (Å²) in [6, 6.07) is 12.1. The van der Waals surface area contributed by atoms with Gasteiger partial charge in [-0.3, -0.25) is 9.56 Å². The van der Waals surface area contributed by atoms with Crippen LogP contribution in [0.25, 0.3) is 0 Å². The second kappa shape index (κ2) is 9.17. The van der Waals surface area contributed by atoms with E-state index in [9.17, 15) is 8.42 Å². The first-order valence-corrected chi connectivity index (χ1v) is 11.0. The van der Waals surface area contributed by atoms with Crippen molar-refractivity contribution in [2.24, 2.45) is 5.10 Å². The van der Waals surface area contributed by atoms with Gasteiger partial charge in [0.1, 0.15) is 6.20 Å². The third-order valence-corrected chi connectivity index (χ3v) is 5.58. The molecule has 0 amide bonds. The van der Waals surface area contributed by atoms with Crippen LogP contribution in [-0.2, 0) is 16.5 Å². The first kappa shape index (κ1) is 21.0. The molecule has 8 nitrogen and oxygen atoms in total. The summed E-state index contributed by atoms with van der Waals surface area (Å²) in [4.78, 5) is 0. The highest BCUT2D eigenvalue weighted by Gasteiger charge is 2.37. The molecular formula is C20H26N5O3S+. The van der Waals surface area contributed by atoms with Crippen LogP contribution in [0.1, 0.15) is 12.0 Å². The second-order valence-electron chi connectivity index (χ2n) is 6.95. The Hall–Kier alpha value is -2.75. The van der Waals surface area contributed by atoms with Gasteiger partial charge in [-0.1, -0.05) is 30.3 Å². The van der Waals surface area contributed by atoms with E-state index in [0.717, 1.165) is 24.6 Å². The van der Waals surface area contributed by atoms with Crippen LogP contribution >= 0.6 is 0 Å². The maximum absolute atomic E-state index is 11.2. The van der Waals surface area contributed by atoms with Gasteiger partial charge >= 0.3 is 0 Å². The smallest absolute Gasteiger partial charge is 0.265 e. The third-order valence-electron chi connectivity index (χ3n) is 4.77. The lowest BCUT2D eigenvalue weighted by molar-refractivity contribution is 0.349. The number of benzene rings is 1. The van der Waals surface area contributed by atoms with Crippen molar-refractivity contribution in [2.45, 2.75) is 12.8 Å². The molecule has 9 heteroatoms. The van der Waals surface area contributed by atoms with Crippen molar-refractivity contribution in [3.8, 4) is 0 Å². The summed E-state index contributed by atoms with van der Waals surface area (Å²) in [5, 5.41) is 13.7. The van der Waals surface area contributed by atoms with Crippen LogP contribution in [0, 0.1) is 0 Å². The highest BCUT2D eigenvalue weighted by Crippen LogP contribution is 2.26. The summed E-state index contributed by atoms with van der Waals surface area (Å²) in [6.45, 7) is 1.15. The molecule has 154 valence electrons. The Labute approximate surface area is 171 Å².